The number of aromatic carboxylic acids is 1. The van der Waals surface area contributed by atoms with Gasteiger partial charge in [-0.2, -0.15) is 8.78 Å². The number of carbonyl (C=O) groups is 2. The molecule has 178 valence electrons. The fourth-order valence-corrected chi connectivity index (χ4v) is 5.56. The highest BCUT2D eigenvalue weighted by molar-refractivity contribution is 9.10. The molecule has 0 saturated carbocycles. The number of carboxylic acid groups (broad SMARTS) is 1. The molecule has 11 heteroatoms. The fraction of sp³-hybridized carbons (Fsp3) is 0.364. The van der Waals surface area contributed by atoms with Crippen molar-refractivity contribution in [3.8, 4) is 0 Å². The molecule has 1 amide bonds. The number of carbonyl (C=O) groups excluding carboxylic acids is 1. The Balaban J connectivity index is 1.65. The Morgan fingerprint density at radius 2 is 2.12 bits per heavy atom. The topological polar surface area (TPSA) is 87.1 Å². The third kappa shape index (κ3) is 6.40. The monoisotopic (exact) mass is 607 g/mol. The molecule has 2 N–H and O–H groups in total. The van der Waals surface area contributed by atoms with Crippen molar-refractivity contribution in [3.63, 3.8) is 0 Å². The van der Waals surface area contributed by atoms with Crippen molar-refractivity contribution in [3.05, 3.63) is 66.7 Å². The zero-order valence-corrected chi connectivity index (χ0v) is 21.2. The summed E-state index contributed by atoms with van der Waals surface area (Å²) in [6, 6.07) is 6.61. The summed E-state index contributed by atoms with van der Waals surface area (Å²) in [5, 5.41) is 19.3. The maximum absolute atomic E-state index is 14.7. The van der Waals surface area contributed by atoms with Gasteiger partial charge in [-0.25, -0.2) is 9.59 Å². The van der Waals surface area contributed by atoms with Crippen LogP contribution in [0.15, 0.2) is 51.4 Å². The van der Waals surface area contributed by atoms with E-state index in [2.05, 4.69) is 31.9 Å². The minimum absolute atomic E-state index is 0.154. The highest BCUT2D eigenvalue weighted by Gasteiger charge is 2.39. The summed E-state index contributed by atoms with van der Waals surface area (Å²) < 4.78 is 35.6. The number of benzene rings is 1. The first-order valence-electron chi connectivity index (χ1n) is 10.0. The van der Waals surface area contributed by atoms with Crippen molar-refractivity contribution >= 4 is 55.3 Å². The third-order valence-corrected chi connectivity index (χ3v) is 7.79. The van der Waals surface area contributed by atoms with Crippen molar-refractivity contribution in [2.24, 2.45) is 0 Å². The van der Waals surface area contributed by atoms with Crippen LogP contribution in [0, 0.1) is 0 Å². The molecular weight excluding hydrogens is 588 g/mol. The van der Waals surface area contributed by atoms with Crippen LogP contribution in [0.25, 0.3) is 0 Å². The van der Waals surface area contributed by atoms with E-state index >= 15 is 0 Å². The number of amides is 1. The van der Waals surface area contributed by atoms with Gasteiger partial charge in [0.2, 0.25) is 0 Å². The summed E-state index contributed by atoms with van der Waals surface area (Å²) >= 11 is 7.66. The van der Waals surface area contributed by atoms with Crippen LogP contribution in [0.2, 0.25) is 0 Å². The summed E-state index contributed by atoms with van der Waals surface area (Å²) in [4.78, 5) is 25.9. The van der Waals surface area contributed by atoms with Gasteiger partial charge in [0.25, 0.3) is 0 Å². The van der Waals surface area contributed by atoms with Crippen molar-refractivity contribution in [1.29, 1.82) is 0 Å². The molecule has 0 spiro atoms. The molecule has 0 aliphatic carbocycles. The third-order valence-electron chi connectivity index (χ3n) is 5.14. The van der Waals surface area contributed by atoms with Crippen molar-refractivity contribution < 1.29 is 33.3 Å². The van der Waals surface area contributed by atoms with E-state index in [1.807, 2.05) is 0 Å². The standard InChI is InChI=1S/C22H21Br2F2NO5S/c23-14-4-1-3-13(11-14)22(25,26)19(28)7-6-15-8-10-32-21(31)27(15)9-2-5-17-16(24)12-18(33-17)20(29)30/h1,3-4,6-7,11-12,15,19,28H,2,5,8-10H2,(H,29,30)/t15-,19?/m0/s1. The van der Waals surface area contributed by atoms with E-state index in [0.717, 1.165) is 22.3 Å². The SMILES string of the molecule is O=C(O)c1cc(Br)c(CCCN2C(=O)OCC[C@@H]2C=CC(O)C(F)(F)c2cccc(Br)c2)s1. The molecular formula is C22H21Br2F2NO5S. The Kier molecular flexibility index (Phi) is 8.65. The number of aliphatic hydroxyl groups excluding tert-OH is 1. The number of rotatable bonds is 9. The molecule has 1 aromatic carbocycles. The first-order valence-corrected chi connectivity index (χ1v) is 12.4. The minimum atomic E-state index is -3.51. The van der Waals surface area contributed by atoms with Gasteiger partial charge in [0.05, 0.1) is 12.6 Å². The van der Waals surface area contributed by atoms with Gasteiger partial charge in [-0.1, -0.05) is 40.2 Å². The van der Waals surface area contributed by atoms with Crippen LogP contribution in [-0.2, 0) is 17.1 Å². The number of hydrogen-bond donors (Lipinski definition) is 2. The highest BCUT2D eigenvalue weighted by atomic mass is 79.9. The number of carboxylic acids is 1. The van der Waals surface area contributed by atoms with Gasteiger partial charge >= 0.3 is 18.0 Å². The average Bonchev–Trinajstić information content (AvgIpc) is 3.14. The Bertz CT molecular complexity index is 1050. The Hall–Kier alpha value is -1.82. The van der Waals surface area contributed by atoms with Crippen LogP contribution >= 0.6 is 43.2 Å². The van der Waals surface area contributed by atoms with Gasteiger partial charge in [0.1, 0.15) is 11.0 Å². The van der Waals surface area contributed by atoms with Crippen LogP contribution in [0.3, 0.4) is 0 Å². The number of ether oxygens (including phenoxy) is 1. The minimum Gasteiger partial charge on any atom is -0.477 e. The molecule has 1 aliphatic rings. The fourth-order valence-electron chi connectivity index (χ4n) is 3.41. The summed E-state index contributed by atoms with van der Waals surface area (Å²) in [6.45, 7) is 0.444. The number of aliphatic hydroxyl groups is 1. The van der Waals surface area contributed by atoms with Crippen LogP contribution in [0.5, 0.6) is 0 Å². The number of halogens is 4. The Morgan fingerprint density at radius 3 is 2.79 bits per heavy atom. The first-order chi connectivity index (χ1) is 15.6. The van der Waals surface area contributed by atoms with Gasteiger partial charge in [0.15, 0.2) is 0 Å². The number of hydrogen-bond acceptors (Lipinski definition) is 5. The normalized spacial score (nSPS) is 17.9. The lowest BCUT2D eigenvalue weighted by Crippen LogP contribution is -2.45. The van der Waals surface area contributed by atoms with Crippen molar-refractivity contribution in [2.45, 2.75) is 37.3 Å². The molecule has 2 aromatic rings. The van der Waals surface area contributed by atoms with E-state index in [1.54, 1.807) is 6.07 Å². The van der Waals surface area contributed by atoms with Crippen molar-refractivity contribution in [2.75, 3.05) is 13.2 Å². The number of thiophene rings is 1. The number of cyclic esters (lactones) is 1. The Morgan fingerprint density at radius 1 is 1.36 bits per heavy atom. The van der Waals surface area contributed by atoms with Gasteiger partial charge in [-0.05, 0) is 47.0 Å². The van der Waals surface area contributed by atoms with E-state index in [4.69, 9.17) is 9.84 Å². The van der Waals surface area contributed by atoms with E-state index in [1.165, 1.54) is 35.2 Å². The van der Waals surface area contributed by atoms with Gasteiger partial charge in [0, 0.05) is 32.4 Å². The molecule has 0 bridgehead atoms. The highest BCUT2D eigenvalue weighted by Crippen LogP contribution is 2.34. The maximum Gasteiger partial charge on any atom is 0.410 e. The lowest BCUT2D eigenvalue weighted by Gasteiger charge is -2.33. The summed E-state index contributed by atoms with van der Waals surface area (Å²) in [5.41, 5.74) is -0.323. The van der Waals surface area contributed by atoms with Crippen LogP contribution < -0.4 is 0 Å². The van der Waals surface area contributed by atoms with E-state index < -0.39 is 30.1 Å². The molecule has 2 heterocycles. The van der Waals surface area contributed by atoms with Gasteiger partial charge < -0.3 is 19.8 Å². The molecule has 1 aliphatic heterocycles. The van der Waals surface area contributed by atoms with Crippen molar-refractivity contribution in [1.82, 2.24) is 4.90 Å². The second kappa shape index (κ2) is 11.1. The molecule has 3 rings (SSSR count). The van der Waals surface area contributed by atoms with Crippen LogP contribution in [0.4, 0.5) is 13.6 Å². The molecule has 1 saturated heterocycles. The predicted molar refractivity (Wildman–Crippen MR) is 127 cm³/mol. The van der Waals surface area contributed by atoms with Crippen LogP contribution in [-0.4, -0.2) is 52.5 Å². The molecule has 2 atom stereocenters. The predicted octanol–water partition coefficient (Wildman–Crippen LogP) is 5.82. The summed E-state index contributed by atoms with van der Waals surface area (Å²) in [5.74, 6) is -4.51. The van der Waals surface area contributed by atoms with E-state index in [0.29, 0.717) is 34.8 Å². The molecule has 1 aromatic heterocycles. The van der Waals surface area contributed by atoms with Gasteiger partial charge in [-0.3, -0.25) is 0 Å². The number of alkyl halides is 2. The number of nitrogens with zero attached hydrogens (tertiary/aromatic N) is 1. The quantitative estimate of drug-likeness (QED) is 0.350. The zero-order valence-electron chi connectivity index (χ0n) is 17.2. The summed E-state index contributed by atoms with van der Waals surface area (Å²) in [7, 11) is 0. The average molecular weight is 609 g/mol. The van der Waals surface area contributed by atoms with Crippen LogP contribution in [0.1, 0.15) is 33.0 Å². The maximum atomic E-state index is 14.7. The summed E-state index contributed by atoms with van der Waals surface area (Å²) in [6.07, 6.45) is 1.27. The second-order valence-electron chi connectivity index (χ2n) is 7.42. The second-order valence-corrected chi connectivity index (χ2v) is 10.3. The smallest absolute Gasteiger partial charge is 0.410 e. The lowest BCUT2D eigenvalue weighted by molar-refractivity contribution is -0.0930. The molecule has 33 heavy (non-hydrogen) atoms. The Labute approximate surface area is 210 Å². The molecule has 0 radical (unpaired) electrons. The van der Waals surface area contributed by atoms with Gasteiger partial charge in [-0.15, -0.1) is 11.3 Å². The van der Waals surface area contributed by atoms with E-state index in [-0.39, 0.29) is 17.0 Å². The molecule has 1 fully saturated rings. The lowest BCUT2D eigenvalue weighted by atomic mass is 10.0. The number of aryl methyl sites for hydroxylation is 1. The molecule has 1 unspecified atom stereocenters. The first kappa shape index (κ1) is 25.8. The zero-order chi connectivity index (χ0) is 24.2. The largest absolute Gasteiger partial charge is 0.477 e. The molecule has 6 nitrogen and oxygen atoms in total. The van der Waals surface area contributed by atoms with E-state index in [9.17, 15) is 23.5 Å².